The fourth-order valence-corrected chi connectivity index (χ4v) is 4.91. The highest BCUT2D eigenvalue weighted by molar-refractivity contribution is 7.92. The standard InChI is InChI=1S/C23H20ClFN2O5S/c1-15-5-6-16(24)11-20(15)26-23(28)14-27(18-4-2-3-17(25)12-18)33(29,30)19-7-8-21-22(13-19)32-10-9-31-21/h2-8,11-13H,9-10,14H2,1H3,(H,26,28). The molecule has 4 rings (SSSR count). The number of fused-ring (bicyclic) bond motifs is 1. The predicted molar refractivity (Wildman–Crippen MR) is 123 cm³/mol. The highest BCUT2D eigenvalue weighted by Gasteiger charge is 2.29. The number of benzene rings is 3. The maximum Gasteiger partial charge on any atom is 0.264 e. The van der Waals surface area contributed by atoms with E-state index >= 15 is 0 Å². The molecule has 1 heterocycles. The molecule has 1 amide bonds. The van der Waals surface area contributed by atoms with Gasteiger partial charge in [0.05, 0.1) is 10.6 Å². The molecule has 3 aromatic rings. The molecule has 0 aliphatic carbocycles. The van der Waals surface area contributed by atoms with E-state index in [9.17, 15) is 17.6 Å². The van der Waals surface area contributed by atoms with Crippen LogP contribution in [0.3, 0.4) is 0 Å². The Morgan fingerprint density at radius 3 is 2.58 bits per heavy atom. The zero-order valence-corrected chi connectivity index (χ0v) is 19.1. The van der Waals surface area contributed by atoms with Crippen LogP contribution in [0.4, 0.5) is 15.8 Å². The minimum Gasteiger partial charge on any atom is -0.486 e. The Bertz CT molecular complexity index is 1320. The first-order chi connectivity index (χ1) is 15.7. The average Bonchev–Trinajstić information content (AvgIpc) is 2.79. The van der Waals surface area contributed by atoms with E-state index in [0.29, 0.717) is 23.1 Å². The fraction of sp³-hybridized carbons (Fsp3) is 0.174. The summed E-state index contributed by atoms with van der Waals surface area (Å²) in [4.78, 5) is 12.7. The van der Waals surface area contributed by atoms with Crippen molar-refractivity contribution in [3.8, 4) is 11.5 Å². The highest BCUT2D eigenvalue weighted by Crippen LogP contribution is 2.34. The number of carbonyl (C=O) groups excluding carboxylic acids is 1. The van der Waals surface area contributed by atoms with Gasteiger partial charge in [-0.15, -0.1) is 0 Å². The number of nitrogens with zero attached hydrogens (tertiary/aromatic N) is 1. The van der Waals surface area contributed by atoms with E-state index < -0.39 is 28.3 Å². The summed E-state index contributed by atoms with van der Waals surface area (Å²) in [5.74, 6) is -0.557. The monoisotopic (exact) mass is 490 g/mol. The van der Waals surface area contributed by atoms with Crippen LogP contribution >= 0.6 is 11.6 Å². The van der Waals surface area contributed by atoms with Crippen LogP contribution in [-0.2, 0) is 14.8 Å². The molecular weight excluding hydrogens is 471 g/mol. The van der Waals surface area contributed by atoms with Crippen LogP contribution < -0.4 is 19.1 Å². The molecule has 1 N–H and O–H groups in total. The van der Waals surface area contributed by atoms with Gasteiger partial charge in [0.2, 0.25) is 5.91 Å². The molecule has 33 heavy (non-hydrogen) atoms. The van der Waals surface area contributed by atoms with Gasteiger partial charge in [-0.2, -0.15) is 0 Å². The lowest BCUT2D eigenvalue weighted by Crippen LogP contribution is -2.38. The summed E-state index contributed by atoms with van der Waals surface area (Å²) in [6.07, 6.45) is 0. The number of aryl methyl sites for hydroxylation is 1. The van der Waals surface area contributed by atoms with Crippen LogP contribution in [0, 0.1) is 12.7 Å². The molecule has 7 nitrogen and oxygen atoms in total. The first kappa shape index (κ1) is 22.9. The van der Waals surface area contributed by atoms with Crippen molar-refractivity contribution in [3.05, 3.63) is 77.1 Å². The van der Waals surface area contributed by atoms with Gasteiger partial charge in [0.1, 0.15) is 25.6 Å². The second-order valence-corrected chi connectivity index (χ2v) is 9.60. The minimum atomic E-state index is -4.27. The lowest BCUT2D eigenvalue weighted by atomic mass is 10.2. The van der Waals surface area contributed by atoms with E-state index in [1.165, 1.54) is 36.4 Å². The molecule has 0 aromatic heterocycles. The van der Waals surface area contributed by atoms with Gasteiger partial charge in [-0.3, -0.25) is 9.10 Å². The van der Waals surface area contributed by atoms with Gasteiger partial charge < -0.3 is 14.8 Å². The second-order valence-electron chi connectivity index (χ2n) is 7.30. The molecule has 0 fully saturated rings. The number of anilines is 2. The third kappa shape index (κ3) is 5.04. The third-order valence-corrected chi connectivity index (χ3v) is 6.96. The van der Waals surface area contributed by atoms with Crippen molar-refractivity contribution < 1.29 is 27.1 Å². The van der Waals surface area contributed by atoms with Gasteiger partial charge in [0, 0.05) is 16.8 Å². The number of ether oxygens (including phenoxy) is 2. The third-order valence-electron chi connectivity index (χ3n) is 4.96. The largest absolute Gasteiger partial charge is 0.486 e. The zero-order chi connectivity index (χ0) is 23.6. The molecule has 0 radical (unpaired) electrons. The molecule has 0 atom stereocenters. The Morgan fingerprint density at radius 1 is 1.06 bits per heavy atom. The molecule has 1 aliphatic rings. The van der Waals surface area contributed by atoms with Crippen molar-refractivity contribution >= 4 is 38.9 Å². The van der Waals surface area contributed by atoms with E-state index in [2.05, 4.69) is 5.32 Å². The lowest BCUT2D eigenvalue weighted by molar-refractivity contribution is -0.114. The van der Waals surface area contributed by atoms with Crippen molar-refractivity contribution in [2.24, 2.45) is 0 Å². The van der Waals surface area contributed by atoms with Crippen molar-refractivity contribution in [2.75, 3.05) is 29.4 Å². The number of amides is 1. The number of rotatable bonds is 6. The maximum atomic E-state index is 14.0. The number of hydrogen-bond donors (Lipinski definition) is 1. The van der Waals surface area contributed by atoms with E-state index in [1.807, 2.05) is 0 Å². The lowest BCUT2D eigenvalue weighted by Gasteiger charge is -2.25. The number of halogens is 2. The molecule has 0 bridgehead atoms. The molecule has 10 heteroatoms. The summed E-state index contributed by atoms with van der Waals surface area (Å²) in [7, 11) is -4.27. The van der Waals surface area contributed by atoms with Crippen LogP contribution in [-0.4, -0.2) is 34.1 Å². The molecule has 3 aromatic carbocycles. The Morgan fingerprint density at radius 2 is 1.82 bits per heavy atom. The second kappa shape index (κ2) is 9.29. The number of hydrogen-bond acceptors (Lipinski definition) is 5. The fourth-order valence-electron chi connectivity index (χ4n) is 3.31. The van der Waals surface area contributed by atoms with Gasteiger partial charge in [0.25, 0.3) is 10.0 Å². The van der Waals surface area contributed by atoms with Crippen molar-refractivity contribution in [2.45, 2.75) is 11.8 Å². The quantitative estimate of drug-likeness (QED) is 0.554. The Hall–Kier alpha value is -3.30. The molecule has 0 saturated carbocycles. The van der Waals surface area contributed by atoms with Gasteiger partial charge >= 0.3 is 0 Å². The molecule has 0 saturated heterocycles. The van der Waals surface area contributed by atoms with E-state index in [-0.39, 0.29) is 22.9 Å². The summed E-state index contributed by atoms with van der Waals surface area (Å²) in [5, 5.41) is 3.09. The minimum absolute atomic E-state index is 0.00264. The average molecular weight is 491 g/mol. The van der Waals surface area contributed by atoms with Gasteiger partial charge in [-0.1, -0.05) is 23.7 Å². The predicted octanol–water partition coefficient (Wildman–Crippen LogP) is 4.39. The zero-order valence-electron chi connectivity index (χ0n) is 17.5. The van der Waals surface area contributed by atoms with Crippen molar-refractivity contribution in [3.63, 3.8) is 0 Å². The van der Waals surface area contributed by atoms with E-state index in [1.54, 1.807) is 25.1 Å². The van der Waals surface area contributed by atoms with Crippen LogP contribution in [0.5, 0.6) is 11.5 Å². The first-order valence-corrected chi connectivity index (χ1v) is 11.8. The molecular formula is C23H20ClFN2O5S. The summed E-state index contributed by atoms with van der Waals surface area (Å²) < 4.78 is 52.8. The van der Waals surface area contributed by atoms with Crippen LogP contribution in [0.1, 0.15) is 5.56 Å². The molecule has 172 valence electrons. The number of nitrogens with one attached hydrogen (secondary N) is 1. The topological polar surface area (TPSA) is 84.9 Å². The summed E-state index contributed by atoms with van der Waals surface area (Å²) in [6.45, 7) is 1.83. The van der Waals surface area contributed by atoms with E-state index in [4.69, 9.17) is 21.1 Å². The highest BCUT2D eigenvalue weighted by atomic mass is 35.5. The Balaban J connectivity index is 1.69. The van der Waals surface area contributed by atoms with Crippen molar-refractivity contribution in [1.82, 2.24) is 0 Å². The smallest absolute Gasteiger partial charge is 0.264 e. The maximum absolute atomic E-state index is 14.0. The van der Waals surface area contributed by atoms with Crippen LogP contribution in [0.25, 0.3) is 0 Å². The summed E-state index contributed by atoms with van der Waals surface area (Å²) in [5.41, 5.74) is 1.20. The van der Waals surface area contributed by atoms with E-state index in [0.717, 1.165) is 15.9 Å². The number of sulfonamides is 1. The van der Waals surface area contributed by atoms with Crippen LogP contribution in [0.15, 0.2) is 65.6 Å². The number of carbonyl (C=O) groups is 1. The summed E-state index contributed by atoms with van der Waals surface area (Å²) >= 11 is 6.01. The molecule has 0 unspecified atom stereocenters. The van der Waals surface area contributed by atoms with Crippen LogP contribution in [0.2, 0.25) is 5.02 Å². The Labute approximate surface area is 195 Å². The van der Waals surface area contributed by atoms with Crippen molar-refractivity contribution in [1.29, 1.82) is 0 Å². The van der Waals surface area contributed by atoms with Gasteiger partial charge in [-0.25, -0.2) is 12.8 Å². The Kier molecular flexibility index (Phi) is 6.44. The SMILES string of the molecule is Cc1ccc(Cl)cc1NC(=O)CN(c1cccc(F)c1)S(=O)(=O)c1ccc2c(c1)OCCO2. The van der Waals surface area contributed by atoms with Gasteiger partial charge in [0.15, 0.2) is 11.5 Å². The normalized spacial score (nSPS) is 12.8. The summed E-state index contributed by atoms with van der Waals surface area (Å²) in [6, 6.07) is 14.2. The molecule has 0 spiro atoms. The molecule has 1 aliphatic heterocycles. The first-order valence-electron chi connectivity index (χ1n) is 9.98. The van der Waals surface area contributed by atoms with Gasteiger partial charge in [-0.05, 0) is 55.0 Å².